The van der Waals surface area contributed by atoms with Crippen molar-refractivity contribution >= 4 is 24.2 Å². The maximum Gasteiger partial charge on any atom is 0.516 e. The molecule has 0 aliphatic carbocycles. The second-order valence-corrected chi connectivity index (χ2v) is 9.12. The van der Waals surface area contributed by atoms with Crippen LogP contribution in [0.2, 0.25) is 0 Å². The van der Waals surface area contributed by atoms with Gasteiger partial charge in [0.15, 0.2) is 0 Å². The van der Waals surface area contributed by atoms with Crippen molar-refractivity contribution in [3.05, 3.63) is 84.0 Å². The van der Waals surface area contributed by atoms with Gasteiger partial charge in [0.05, 0.1) is 0 Å². The Balaban J connectivity index is 1.96. The standard InChI is InChI=1S/C29H32O10/c1-17(2)25(30)34-19(5)36-27(32)38-23-13-9-21(10-14-23)29(7,8)22-11-15-24(16-12-22)39-28(33)37-20(6)35-26(31)18(3)4/h9-16,19-20H,1,3H2,2,4-8H3. The number of benzene rings is 2. The Morgan fingerprint density at radius 3 is 1.21 bits per heavy atom. The molecule has 208 valence electrons. The van der Waals surface area contributed by atoms with Crippen LogP contribution in [-0.2, 0) is 34.0 Å². The molecule has 10 heteroatoms. The largest absolute Gasteiger partial charge is 0.516 e. The molecule has 0 heterocycles. The van der Waals surface area contributed by atoms with Gasteiger partial charge >= 0.3 is 24.2 Å². The van der Waals surface area contributed by atoms with Crippen LogP contribution in [0.4, 0.5) is 9.59 Å². The van der Waals surface area contributed by atoms with E-state index in [1.165, 1.54) is 27.7 Å². The molecule has 2 atom stereocenters. The first-order valence-electron chi connectivity index (χ1n) is 11.9. The van der Waals surface area contributed by atoms with Crippen LogP contribution in [0.5, 0.6) is 11.5 Å². The summed E-state index contributed by atoms with van der Waals surface area (Å²) in [6.07, 6.45) is -4.34. The maximum atomic E-state index is 12.0. The molecule has 2 rings (SSSR count). The van der Waals surface area contributed by atoms with Crippen molar-refractivity contribution in [2.24, 2.45) is 0 Å². The minimum absolute atomic E-state index is 0.176. The molecule has 0 aliphatic rings. The van der Waals surface area contributed by atoms with E-state index in [4.69, 9.17) is 28.4 Å². The van der Waals surface area contributed by atoms with Crippen molar-refractivity contribution in [3.8, 4) is 11.5 Å². The number of carbonyl (C=O) groups excluding carboxylic acids is 4. The van der Waals surface area contributed by atoms with Gasteiger partial charge in [0.25, 0.3) is 0 Å². The van der Waals surface area contributed by atoms with Crippen LogP contribution in [-0.4, -0.2) is 36.8 Å². The highest BCUT2D eigenvalue weighted by molar-refractivity contribution is 5.87. The van der Waals surface area contributed by atoms with Gasteiger partial charge in [-0.3, -0.25) is 0 Å². The summed E-state index contributed by atoms with van der Waals surface area (Å²) in [6.45, 7) is 16.6. The summed E-state index contributed by atoms with van der Waals surface area (Å²) in [7, 11) is 0. The molecular weight excluding hydrogens is 508 g/mol. The van der Waals surface area contributed by atoms with Crippen molar-refractivity contribution in [2.45, 2.75) is 59.5 Å². The SMILES string of the molecule is C=C(C)C(=O)OC(C)OC(=O)Oc1ccc(C(C)(C)c2ccc(OC(=O)OC(C)OC(=O)C(=C)C)cc2)cc1. The van der Waals surface area contributed by atoms with Crippen LogP contribution in [0, 0.1) is 0 Å². The Bertz CT molecular complexity index is 1130. The predicted molar refractivity (Wildman–Crippen MR) is 140 cm³/mol. The molecule has 0 fully saturated rings. The molecule has 0 N–H and O–H groups in total. The lowest BCUT2D eigenvalue weighted by atomic mass is 9.78. The van der Waals surface area contributed by atoms with E-state index in [1.54, 1.807) is 48.5 Å². The van der Waals surface area contributed by atoms with Crippen LogP contribution in [0.25, 0.3) is 0 Å². The van der Waals surface area contributed by atoms with Crippen molar-refractivity contribution in [1.29, 1.82) is 0 Å². The second-order valence-electron chi connectivity index (χ2n) is 9.12. The Labute approximate surface area is 227 Å². The molecular formula is C29H32O10. The Morgan fingerprint density at radius 1 is 0.615 bits per heavy atom. The van der Waals surface area contributed by atoms with Gasteiger partial charge in [0.1, 0.15) is 11.5 Å². The van der Waals surface area contributed by atoms with Crippen molar-refractivity contribution in [1.82, 2.24) is 0 Å². The molecule has 0 radical (unpaired) electrons. The molecule has 2 aromatic carbocycles. The van der Waals surface area contributed by atoms with Gasteiger partial charge in [-0.05, 0) is 49.2 Å². The normalized spacial score (nSPS) is 12.3. The lowest BCUT2D eigenvalue weighted by molar-refractivity contribution is -0.163. The van der Waals surface area contributed by atoms with E-state index >= 15 is 0 Å². The van der Waals surface area contributed by atoms with Crippen LogP contribution < -0.4 is 9.47 Å². The highest BCUT2D eigenvalue weighted by Crippen LogP contribution is 2.33. The minimum atomic E-state index is -1.14. The van der Waals surface area contributed by atoms with Crippen LogP contribution in [0.1, 0.15) is 52.7 Å². The number of hydrogen-bond acceptors (Lipinski definition) is 10. The van der Waals surface area contributed by atoms with E-state index < -0.39 is 42.2 Å². The Hall–Kier alpha value is -4.60. The first-order valence-corrected chi connectivity index (χ1v) is 11.9. The third-order valence-corrected chi connectivity index (χ3v) is 5.32. The van der Waals surface area contributed by atoms with E-state index in [0.29, 0.717) is 0 Å². The quantitative estimate of drug-likeness (QED) is 0.154. The summed E-state index contributed by atoms with van der Waals surface area (Å²) in [5.74, 6) is -0.887. The zero-order valence-corrected chi connectivity index (χ0v) is 22.8. The zero-order chi connectivity index (χ0) is 29.3. The first kappa shape index (κ1) is 30.6. The molecule has 2 unspecified atom stereocenters. The fraction of sp³-hybridized carbons (Fsp3) is 0.310. The predicted octanol–water partition coefficient (Wildman–Crippen LogP) is 5.97. The van der Waals surface area contributed by atoms with E-state index in [0.717, 1.165) is 11.1 Å². The molecule has 10 nitrogen and oxygen atoms in total. The Morgan fingerprint density at radius 2 is 0.923 bits per heavy atom. The molecule has 2 aromatic rings. The number of esters is 2. The first-order chi connectivity index (χ1) is 18.2. The molecule has 39 heavy (non-hydrogen) atoms. The number of ether oxygens (including phenoxy) is 6. The molecule has 0 spiro atoms. The molecule has 0 saturated heterocycles. The van der Waals surface area contributed by atoms with Gasteiger partial charge in [0, 0.05) is 30.4 Å². The lowest BCUT2D eigenvalue weighted by Crippen LogP contribution is -2.24. The third kappa shape index (κ3) is 9.33. The highest BCUT2D eigenvalue weighted by atomic mass is 16.8. The van der Waals surface area contributed by atoms with Crippen LogP contribution in [0.3, 0.4) is 0 Å². The fourth-order valence-corrected chi connectivity index (χ4v) is 3.11. The van der Waals surface area contributed by atoms with Gasteiger partial charge in [0.2, 0.25) is 12.6 Å². The highest BCUT2D eigenvalue weighted by Gasteiger charge is 2.24. The average Bonchev–Trinajstić information content (AvgIpc) is 2.84. The van der Waals surface area contributed by atoms with E-state index in [-0.39, 0.29) is 22.6 Å². The van der Waals surface area contributed by atoms with Gasteiger partial charge in [-0.15, -0.1) is 0 Å². The summed E-state index contributed by atoms with van der Waals surface area (Å²) in [6, 6.07) is 13.6. The number of hydrogen-bond donors (Lipinski definition) is 0. The second kappa shape index (κ2) is 13.3. The van der Waals surface area contributed by atoms with Gasteiger partial charge in [-0.2, -0.15) is 0 Å². The minimum Gasteiger partial charge on any atom is -0.422 e. The molecule has 0 amide bonds. The van der Waals surface area contributed by atoms with Gasteiger partial charge in [-0.25, -0.2) is 19.2 Å². The topological polar surface area (TPSA) is 124 Å². The summed E-state index contributed by atoms with van der Waals surface area (Å²) < 4.78 is 29.9. The molecule has 0 aromatic heterocycles. The number of rotatable bonds is 10. The fourth-order valence-electron chi connectivity index (χ4n) is 3.11. The summed E-state index contributed by atoms with van der Waals surface area (Å²) in [4.78, 5) is 47.0. The van der Waals surface area contributed by atoms with Crippen molar-refractivity contribution in [3.63, 3.8) is 0 Å². The van der Waals surface area contributed by atoms with E-state index in [9.17, 15) is 19.2 Å². The Kier molecular flexibility index (Phi) is 10.4. The maximum absolute atomic E-state index is 12.0. The molecule has 0 aliphatic heterocycles. The third-order valence-electron chi connectivity index (χ3n) is 5.32. The average molecular weight is 541 g/mol. The lowest BCUT2D eigenvalue weighted by Gasteiger charge is -2.26. The van der Waals surface area contributed by atoms with E-state index in [2.05, 4.69) is 13.2 Å². The van der Waals surface area contributed by atoms with Crippen LogP contribution >= 0.6 is 0 Å². The monoisotopic (exact) mass is 540 g/mol. The van der Waals surface area contributed by atoms with Crippen molar-refractivity contribution < 1.29 is 47.6 Å². The van der Waals surface area contributed by atoms with Crippen LogP contribution in [0.15, 0.2) is 72.8 Å². The zero-order valence-electron chi connectivity index (χ0n) is 22.8. The number of carbonyl (C=O) groups is 4. The summed E-state index contributed by atoms with van der Waals surface area (Å²) in [5, 5.41) is 0. The van der Waals surface area contributed by atoms with Gasteiger partial charge in [-0.1, -0.05) is 51.3 Å². The molecule has 0 saturated carbocycles. The summed E-state index contributed by atoms with van der Waals surface area (Å²) >= 11 is 0. The van der Waals surface area contributed by atoms with E-state index in [1.807, 2.05) is 13.8 Å². The summed E-state index contributed by atoms with van der Waals surface area (Å²) in [5.41, 5.74) is 1.71. The smallest absolute Gasteiger partial charge is 0.422 e. The van der Waals surface area contributed by atoms with Gasteiger partial charge < -0.3 is 28.4 Å². The van der Waals surface area contributed by atoms with Crippen molar-refractivity contribution in [2.75, 3.05) is 0 Å². The molecule has 0 bridgehead atoms.